The van der Waals surface area contributed by atoms with Crippen LogP contribution in [-0.4, -0.2) is 29.2 Å². The third-order valence-corrected chi connectivity index (χ3v) is 7.02. The Bertz CT molecular complexity index is 1450. The van der Waals surface area contributed by atoms with Crippen molar-refractivity contribution in [2.75, 3.05) is 13.2 Å². The van der Waals surface area contributed by atoms with Gasteiger partial charge in [-0.15, -0.1) is 0 Å². The van der Waals surface area contributed by atoms with E-state index in [4.69, 9.17) is 21.1 Å². The van der Waals surface area contributed by atoms with Crippen LogP contribution in [-0.2, 0) is 11.4 Å². The lowest BCUT2D eigenvalue weighted by Crippen LogP contribution is -2.32. The van der Waals surface area contributed by atoms with Crippen molar-refractivity contribution >= 4 is 51.4 Å². The fourth-order valence-corrected chi connectivity index (χ4v) is 4.95. The molecule has 0 saturated carbocycles. The summed E-state index contributed by atoms with van der Waals surface area (Å²) in [6.07, 6.45) is 1.74. The highest BCUT2D eigenvalue weighted by Crippen LogP contribution is 2.37. The van der Waals surface area contributed by atoms with Crippen molar-refractivity contribution in [2.24, 2.45) is 0 Å². The summed E-state index contributed by atoms with van der Waals surface area (Å²) in [5, 5.41) is 2.23. The topological polar surface area (TPSA) is 55.8 Å². The molecule has 0 N–H and O–H groups in total. The van der Waals surface area contributed by atoms with Crippen molar-refractivity contribution in [1.82, 2.24) is 4.90 Å². The second-order valence-corrected chi connectivity index (χ2v) is 9.47. The van der Waals surface area contributed by atoms with Gasteiger partial charge in [-0.2, -0.15) is 0 Å². The normalized spacial score (nSPS) is 14.6. The maximum atomic E-state index is 13.1. The highest BCUT2D eigenvalue weighted by atomic mass is 35.5. The molecule has 1 aliphatic heterocycles. The van der Waals surface area contributed by atoms with Crippen molar-refractivity contribution in [3.8, 4) is 11.5 Å². The number of thioether (sulfide) groups is 1. The zero-order valence-corrected chi connectivity index (χ0v) is 20.8. The second-order valence-electron chi connectivity index (χ2n) is 8.07. The number of imide groups is 1. The maximum Gasteiger partial charge on any atom is 0.293 e. The van der Waals surface area contributed by atoms with Crippen LogP contribution in [0.25, 0.3) is 16.8 Å². The van der Waals surface area contributed by atoms with Crippen molar-refractivity contribution in [3.05, 3.63) is 112 Å². The Hall–Kier alpha value is -3.74. The predicted octanol–water partition coefficient (Wildman–Crippen LogP) is 7.19. The molecule has 0 aliphatic carbocycles. The molecule has 0 atom stereocenters. The second kappa shape index (κ2) is 10.9. The van der Waals surface area contributed by atoms with Crippen LogP contribution in [0.3, 0.4) is 0 Å². The van der Waals surface area contributed by atoms with Gasteiger partial charge in [0.05, 0.1) is 11.4 Å². The Morgan fingerprint density at radius 2 is 1.58 bits per heavy atom. The first kappa shape index (κ1) is 24.0. The molecule has 2 amide bonds. The van der Waals surface area contributed by atoms with Crippen LogP contribution in [0.4, 0.5) is 4.79 Å². The van der Waals surface area contributed by atoms with Gasteiger partial charge in [0.1, 0.15) is 24.7 Å². The summed E-state index contributed by atoms with van der Waals surface area (Å²) < 4.78 is 11.8. The van der Waals surface area contributed by atoms with Gasteiger partial charge in [0, 0.05) is 16.1 Å². The van der Waals surface area contributed by atoms with Crippen LogP contribution < -0.4 is 9.47 Å². The standard InChI is InChI=1S/C29H22ClNO4S/c30-25-13-7-5-9-21(25)19-35-26-15-14-20-8-4-6-12-23(20)24(26)18-27-28(32)31(29(33)36-27)16-17-34-22-10-2-1-3-11-22/h1-15,18H,16-17,19H2/b27-18-. The van der Waals surface area contributed by atoms with Gasteiger partial charge in [0.15, 0.2) is 0 Å². The minimum atomic E-state index is -0.341. The quantitative estimate of drug-likeness (QED) is 0.232. The molecule has 4 aromatic carbocycles. The number of hydrogen-bond acceptors (Lipinski definition) is 5. The van der Waals surface area contributed by atoms with E-state index in [1.54, 1.807) is 6.08 Å². The van der Waals surface area contributed by atoms with E-state index in [9.17, 15) is 9.59 Å². The van der Waals surface area contributed by atoms with Crippen LogP contribution >= 0.6 is 23.4 Å². The number of amides is 2. The average molecular weight is 516 g/mol. The molecule has 7 heteroatoms. The zero-order valence-electron chi connectivity index (χ0n) is 19.2. The summed E-state index contributed by atoms with van der Waals surface area (Å²) in [5.74, 6) is 0.954. The average Bonchev–Trinajstić information content (AvgIpc) is 3.17. The summed E-state index contributed by atoms with van der Waals surface area (Å²) in [6, 6.07) is 28.5. The summed E-state index contributed by atoms with van der Waals surface area (Å²) in [7, 11) is 0. The summed E-state index contributed by atoms with van der Waals surface area (Å²) in [4.78, 5) is 27.3. The minimum Gasteiger partial charge on any atom is -0.492 e. The lowest BCUT2D eigenvalue weighted by atomic mass is 10.0. The van der Waals surface area contributed by atoms with Crippen LogP contribution in [0.2, 0.25) is 5.02 Å². The third kappa shape index (κ3) is 5.25. The molecule has 5 rings (SSSR count). The Labute approximate surface area is 218 Å². The van der Waals surface area contributed by atoms with Crippen molar-refractivity contribution < 1.29 is 19.1 Å². The van der Waals surface area contributed by atoms with Gasteiger partial charge in [0.25, 0.3) is 11.1 Å². The number of nitrogens with zero attached hydrogens (tertiary/aromatic N) is 1. The van der Waals surface area contributed by atoms with E-state index in [2.05, 4.69) is 0 Å². The molecule has 0 unspecified atom stereocenters. The van der Waals surface area contributed by atoms with E-state index in [0.29, 0.717) is 21.4 Å². The third-order valence-electron chi connectivity index (χ3n) is 5.75. The van der Waals surface area contributed by atoms with Gasteiger partial charge in [0.2, 0.25) is 0 Å². The first-order valence-electron chi connectivity index (χ1n) is 11.4. The first-order valence-corrected chi connectivity index (χ1v) is 12.6. The molecule has 0 aromatic heterocycles. The van der Waals surface area contributed by atoms with E-state index < -0.39 is 0 Å². The molecule has 1 fully saturated rings. The molecule has 0 spiro atoms. The van der Waals surface area contributed by atoms with E-state index in [0.717, 1.165) is 33.7 Å². The minimum absolute atomic E-state index is 0.169. The van der Waals surface area contributed by atoms with Crippen molar-refractivity contribution in [2.45, 2.75) is 6.61 Å². The number of benzene rings is 4. The number of ether oxygens (including phenoxy) is 2. The van der Waals surface area contributed by atoms with Gasteiger partial charge < -0.3 is 9.47 Å². The van der Waals surface area contributed by atoms with Crippen LogP contribution in [0.1, 0.15) is 11.1 Å². The predicted molar refractivity (Wildman–Crippen MR) is 144 cm³/mol. The lowest BCUT2D eigenvalue weighted by Gasteiger charge is -2.14. The number of halogens is 1. The molecular formula is C29H22ClNO4S. The summed E-state index contributed by atoms with van der Waals surface area (Å²) in [5.41, 5.74) is 1.60. The molecule has 1 aliphatic rings. The number of carbonyl (C=O) groups excluding carboxylic acids is 2. The van der Waals surface area contributed by atoms with Crippen molar-refractivity contribution in [1.29, 1.82) is 0 Å². The Balaban J connectivity index is 1.39. The van der Waals surface area contributed by atoms with Crippen LogP contribution in [0.5, 0.6) is 11.5 Å². The van der Waals surface area contributed by atoms with Gasteiger partial charge in [-0.25, -0.2) is 0 Å². The fraction of sp³-hybridized carbons (Fsp3) is 0.103. The number of para-hydroxylation sites is 1. The highest BCUT2D eigenvalue weighted by molar-refractivity contribution is 8.18. The molecule has 180 valence electrons. The maximum absolute atomic E-state index is 13.1. The van der Waals surface area contributed by atoms with E-state index in [1.807, 2.05) is 91.0 Å². The zero-order chi connectivity index (χ0) is 24.9. The molecule has 1 saturated heterocycles. The molecular weight excluding hydrogens is 494 g/mol. The van der Waals surface area contributed by atoms with Gasteiger partial charge >= 0.3 is 0 Å². The van der Waals surface area contributed by atoms with Gasteiger partial charge in [-0.3, -0.25) is 14.5 Å². The number of carbonyl (C=O) groups is 2. The van der Waals surface area contributed by atoms with Crippen molar-refractivity contribution in [3.63, 3.8) is 0 Å². The van der Waals surface area contributed by atoms with E-state index in [-0.39, 0.29) is 30.9 Å². The molecule has 1 heterocycles. The smallest absolute Gasteiger partial charge is 0.293 e. The molecule has 36 heavy (non-hydrogen) atoms. The lowest BCUT2D eigenvalue weighted by molar-refractivity contribution is -0.123. The van der Waals surface area contributed by atoms with Gasteiger partial charge in [-0.1, -0.05) is 78.3 Å². The largest absolute Gasteiger partial charge is 0.492 e. The van der Waals surface area contributed by atoms with Crippen LogP contribution in [0.15, 0.2) is 95.9 Å². The molecule has 0 radical (unpaired) electrons. The molecule has 4 aromatic rings. The SMILES string of the molecule is O=C1S/C(=C\c2c(OCc3ccccc3Cl)ccc3ccccc23)C(=O)N1CCOc1ccccc1. The molecule has 5 nitrogen and oxygen atoms in total. The highest BCUT2D eigenvalue weighted by Gasteiger charge is 2.35. The van der Waals surface area contributed by atoms with E-state index >= 15 is 0 Å². The Kier molecular flexibility index (Phi) is 7.26. The monoisotopic (exact) mass is 515 g/mol. The first-order chi connectivity index (χ1) is 17.6. The molecule has 0 bridgehead atoms. The number of rotatable bonds is 8. The number of fused-ring (bicyclic) bond motifs is 1. The fourth-order valence-electron chi connectivity index (χ4n) is 3.92. The summed E-state index contributed by atoms with van der Waals surface area (Å²) in [6.45, 7) is 0.662. The number of hydrogen-bond donors (Lipinski definition) is 0. The Morgan fingerprint density at radius 1 is 0.833 bits per heavy atom. The summed E-state index contributed by atoms with van der Waals surface area (Å²) >= 11 is 7.22. The van der Waals surface area contributed by atoms with Crippen LogP contribution in [0, 0.1) is 0 Å². The van der Waals surface area contributed by atoms with Gasteiger partial charge in [-0.05, 0) is 52.9 Å². The van der Waals surface area contributed by atoms with E-state index in [1.165, 1.54) is 4.90 Å². The Morgan fingerprint density at radius 3 is 2.42 bits per heavy atom.